The molecule has 0 radical (unpaired) electrons. The molecule has 1 aromatic heterocycles. The smallest absolute Gasteiger partial charge is 0.204 e. The van der Waals surface area contributed by atoms with Crippen LogP contribution in [0.15, 0.2) is 6.33 Å². The lowest BCUT2D eigenvalue weighted by atomic mass is 10.3. The summed E-state index contributed by atoms with van der Waals surface area (Å²) in [6.45, 7) is 4.14. The molecule has 18 heavy (non-hydrogen) atoms. The van der Waals surface area contributed by atoms with Crippen LogP contribution in [0.25, 0.3) is 0 Å². The van der Waals surface area contributed by atoms with Crippen LogP contribution < -0.4 is 15.0 Å². The van der Waals surface area contributed by atoms with Crippen LogP contribution in [-0.4, -0.2) is 62.3 Å². The highest BCUT2D eigenvalue weighted by atomic mass is 16.5. The molecule has 6 nitrogen and oxygen atoms in total. The van der Waals surface area contributed by atoms with Crippen molar-refractivity contribution < 1.29 is 4.74 Å². The summed E-state index contributed by atoms with van der Waals surface area (Å²) in [6, 6.07) is 0. The molecule has 0 bridgehead atoms. The number of likely N-dealkylation sites (N-methyl/N-ethyl adjacent to an activating group) is 1. The van der Waals surface area contributed by atoms with Crippen molar-refractivity contribution in [3.63, 3.8) is 0 Å². The molecular weight excluding hydrogens is 230 g/mol. The second-order valence-corrected chi connectivity index (χ2v) is 4.47. The van der Waals surface area contributed by atoms with E-state index in [0.717, 1.165) is 50.0 Å². The maximum absolute atomic E-state index is 5.45. The van der Waals surface area contributed by atoms with Gasteiger partial charge in [-0.15, -0.1) is 0 Å². The SMILES string of the molecule is CNc1ncnc(N2CCCN(C)CC2)c1OC. The van der Waals surface area contributed by atoms with Gasteiger partial charge in [-0.1, -0.05) is 0 Å². The Bertz CT molecular complexity index is 398. The Morgan fingerprint density at radius 3 is 2.78 bits per heavy atom. The number of anilines is 2. The highest BCUT2D eigenvalue weighted by molar-refractivity contribution is 5.64. The normalized spacial score (nSPS) is 17.4. The van der Waals surface area contributed by atoms with Gasteiger partial charge in [0.05, 0.1) is 7.11 Å². The van der Waals surface area contributed by atoms with Gasteiger partial charge in [-0.25, -0.2) is 9.97 Å². The second kappa shape index (κ2) is 5.86. The van der Waals surface area contributed by atoms with Gasteiger partial charge >= 0.3 is 0 Å². The summed E-state index contributed by atoms with van der Waals surface area (Å²) in [7, 11) is 5.65. The molecule has 1 saturated heterocycles. The number of nitrogens with one attached hydrogen (secondary N) is 1. The standard InChI is InChI=1S/C12H21N5O/c1-13-11-10(18-3)12(15-9-14-11)17-6-4-5-16(2)7-8-17/h9H,4-8H2,1-3H3,(H,13,14,15). The van der Waals surface area contributed by atoms with E-state index >= 15 is 0 Å². The predicted molar refractivity (Wildman–Crippen MR) is 72.5 cm³/mol. The van der Waals surface area contributed by atoms with Crippen molar-refractivity contribution in [1.82, 2.24) is 14.9 Å². The van der Waals surface area contributed by atoms with Crippen LogP contribution in [0.3, 0.4) is 0 Å². The minimum Gasteiger partial charge on any atom is -0.490 e. The summed E-state index contributed by atoms with van der Waals surface area (Å²) in [6.07, 6.45) is 2.72. The first-order chi connectivity index (χ1) is 8.76. The molecule has 2 rings (SSSR count). The summed E-state index contributed by atoms with van der Waals surface area (Å²) >= 11 is 0. The molecule has 0 aromatic carbocycles. The lowest BCUT2D eigenvalue weighted by Gasteiger charge is -2.24. The van der Waals surface area contributed by atoms with E-state index in [1.165, 1.54) is 0 Å². The second-order valence-electron chi connectivity index (χ2n) is 4.47. The minimum absolute atomic E-state index is 0.726. The number of nitrogens with zero attached hydrogens (tertiary/aromatic N) is 4. The quantitative estimate of drug-likeness (QED) is 0.852. The Hall–Kier alpha value is -1.56. The van der Waals surface area contributed by atoms with Gasteiger partial charge in [-0.2, -0.15) is 0 Å². The van der Waals surface area contributed by atoms with Crippen molar-refractivity contribution >= 4 is 11.6 Å². The lowest BCUT2D eigenvalue weighted by molar-refractivity contribution is 0.359. The van der Waals surface area contributed by atoms with E-state index < -0.39 is 0 Å². The topological polar surface area (TPSA) is 53.5 Å². The Kier molecular flexibility index (Phi) is 4.19. The average Bonchev–Trinajstić information content (AvgIpc) is 2.62. The first-order valence-electron chi connectivity index (χ1n) is 6.26. The molecule has 1 fully saturated rings. The van der Waals surface area contributed by atoms with Crippen LogP contribution in [0.1, 0.15) is 6.42 Å². The zero-order valence-corrected chi connectivity index (χ0v) is 11.3. The molecule has 1 N–H and O–H groups in total. The Balaban J connectivity index is 2.26. The van der Waals surface area contributed by atoms with Crippen molar-refractivity contribution in [2.75, 3.05) is 57.6 Å². The molecule has 2 heterocycles. The molecule has 1 aromatic rings. The summed E-state index contributed by atoms with van der Waals surface area (Å²) in [5.41, 5.74) is 0. The van der Waals surface area contributed by atoms with E-state index in [4.69, 9.17) is 4.74 Å². The molecule has 6 heteroatoms. The molecule has 0 amide bonds. The highest BCUT2D eigenvalue weighted by Crippen LogP contribution is 2.31. The molecule has 0 atom stereocenters. The maximum atomic E-state index is 5.45. The van der Waals surface area contributed by atoms with Crippen LogP contribution in [0.2, 0.25) is 0 Å². The molecule has 100 valence electrons. The van der Waals surface area contributed by atoms with Crippen molar-refractivity contribution in [2.24, 2.45) is 0 Å². The zero-order valence-electron chi connectivity index (χ0n) is 11.3. The fourth-order valence-corrected chi connectivity index (χ4v) is 2.21. The largest absolute Gasteiger partial charge is 0.490 e. The van der Waals surface area contributed by atoms with Crippen LogP contribution in [0, 0.1) is 0 Å². The Morgan fingerprint density at radius 2 is 2.06 bits per heavy atom. The van der Waals surface area contributed by atoms with E-state index in [-0.39, 0.29) is 0 Å². The molecule has 0 saturated carbocycles. The van der Waals surface area contributed by atoms with Gasteiger partial charge in [0.25, 0.3) is 0 Å². The average molecular weight is 251 g/mol. The molecule has 0 aliphatic carbocycles. The van der Waals surface area contributed by atoms with Crippen molar-refractivity contribution in [2.45, 2.75) is 6.42 Å². The number of hydrogen-bond acceptors (Lipinski definition) is 6. The lowest BCUT2D eigenvalue weighted by Crippen LogP contribution is -2.30. The van der Waals surface area contributed by atoms with Crippen LogP contribution in [0.4, 0.5) is 11.6 Å². The van der Waals surface area contributed by atoms with Gasteiger partial charge in [0.15, 0.2) is 11.6 Å². The van der Waals surface area contributed by atoms with E-state index in [0.29, 0.717) is 0 Å². The van der Waals surface area contributed by atoms with Gasteiger partial charge in [0, 0.05) is 26.7 Å². The Morgan fingerprint density at radius 1 is 1.22 bits per heavy atom. The van der Waals surface area contributed by atoms with Gasteiger partial charge in [-0.05, 0) is 20.0 Å². The fourth-order valence-electron chi connectivity index (χ4n) is 2.21. The van der Waals surface area contributed by atoms with Gasteiger partial charge in [0.1, 0.15) is 6.33 Å². The number of aromatic nitrogens is 2. The first kappa shape index (κ1) is 12.9. The van der Waals surface area contributed by atoms with Gasteiger partial charge in [-0.3, -0.25) is 0 Å². The maximum Gasteiger partial charge on any atom is 0.204 e. The summed E-state index contributed by atoms with van der Waals surface area (Å²) in [5.74, 6) is 2.34. The van der Waals surface area contributed by atoms with Crippen molar-refractivity contribution in [1.29, 1.82) is 0 Å². The van der Waals surface area contributed by atoms with Gasteiger partial charge < -0.3 is 19.9 Å². The first-order valence-corrected chi connectivity index (χ1v) is 6.26. The highest BCUT2D eigenvalue weighted by Gasteiger charge is 2.19. The Labute approximate surface area is 108 Å². The summed E-state index contributed by atoms with van der Waals surface area (Å²) < 4.78 is 5.45. The van der Waals surface area contributed by atoms with Crippen LogP contribution in [0.5, 0.6) is 5.75 Å². The van der Waals surface area contributed by atoms with Gasteiger partial charge in [0.2, 0.25) is 5.75 Å². The number of methoxy groups -OCH3 is 1. The van der Waals surface area contributed by atoms with E-state index in [9.17, 15) is 0 Å². The van der Waals surface area contributed by atoms with Crippen molar-refractivity contribution in [3.8, 4) is 5.75 Å². The summed E-state index contributed by atoms with van der Waals surface area (Å²) in [4.78, 5) is 13.2. The van der Waals surface area contributed by atoms with E-state index in [1.807, 2.05) is 7.05 Å². The van der Waals surface area contributed by atoms with Crippen LogP contribution >= 0.6 is 0 Å². The fraction of sp³-hybridized carbons (Fsp3) is 0.667. The van der Waals surface area contributed by atoms with Crippen LogP contribution in [-0.2, 0) is 0 Å². The molecule has 1 aliphatic heterocycles. The number of ether oxygens (including phenoxy) is 1. The minimum atomic E-state index is 0.726. The molecule has 1 aliphatic rings. The third kappa shape index (κ3) is 2.64. The predicted octanol–water partition coefficient (Wildman–Crippen LogP) is 0.669. The zero-order chi connectivity index (χ0) is 13.0. The third-order valence-corrected chi connectivity index (χ3v) is 3.24. The van der Waals surface area contributed by atoms with E-state index in [2.05, 4.69) is 32.1 Å². The van der Waals surface area contributed by atoms with Crippen molar-refractivity contribution in [3.05, 3.63) is 6.33 Å². The molecule has 0 spiro atoms. The van der Waals surface area contributed by atoms with E-state index in [1.54, 1.807) is 13.4 Å². The third-order valence-electron chi connectivity index (χ3n) is 3.24. The molecular formula is C12H21N5O. The monoisotopic (exact) mass is 251 g/mol. The number of rotatable bonds is 3. The molecule has 0 unspecified atom stereocenters. The summed E-state index contributed by atoms with van der Waals surface area (Å²) in [5, 5.41) is 3.04. The number of hydrogen-bond donors (Lipinski definition) is 1.